The Hall–Kier alpha value is -2.28. The third-order valence-electron chi connectivity index (χ3n) is 5.02. The number of primary amides is 1. The summed E-state index contributed by atoms with van der Waals surface area (Å²) in [5.41, 5.74) is 5.65. The highest BCUT2D eigenvalue weighted by atomic mass is 16.6. The van der Waals surface area contributed by atoms with Crippen molar-refractivity contribution in [2.45, 2.75) is 64.2 Å². The minimum atomic E-state index is -0.814. The summed E-state index contributed by atoms with van der Waals surface area (Å²) in [5.74, 6) is 0.0852. The summed E-state index contributed by atoms with van der Waals surface area (Å²) in [7, 11) is 0. The number of hydrogen-bond donors (Lipinski definition) is 3. The zero-order valence-corrected chi connectivity index (χ0v) is 16.9. The number of carbonyl (C=O) groups excluding carboxylic acids is 2. The number of alkyl carbamates (subject to hydrolysis) is 1. The summed E-state index contributed by atoms with van der Waals surface area (Å²) in [6.07, 6.45) is 0.975. The van der Waals surface area contributed by atoms with Crippen LogP contribution in [0.25, 0.3) is 0 Å². The first-order chi connectivity index (χ1) is 13.2. The summed E-state index contributed by atoms with van der Waals surface area (Å²) < 4.78 is 10.8. The second-order valence-electron chi connectivity index (χ2n) is 8.36. The number of rotatable bonds is 6. The summed E-state index contributed by atoms with van der Waals surface area (Å²) in [5, 5.41) is 12.5. The van der Waals surface area contributed by atoms with Gasteiger partial charge in [0, 0.05) is 18.6 Å². The lowest BCUT2D eigenvalue weighted by atomic mass is 9.71. The molecule has 1 aliphatic carbocycles. The smallest absolute Gasteiger partial charge is 0.407 e. The quantitative estimate of drug-likeness (QED) is 0.686. The first kappa shape index (κ1) is 22.0. The molecule has 2 amide bonds. The summed E-state index contributed by atoms with van der Waals surface area (Å²) in [6.45, 7) is 5.50. The number of aliphatic hydroxyl groups is 1. The van der Waals surface area contributed by atoms with Crippen molar-refractivity contribution in [1.82, 2.24) is 5.32 Å². The van der Waals surface area contributed by atoms with Crippen LogP contribution in [0.3, 0.4) is 0 Å². The molecule has 4 unspecified atom stereocenters. The second kappa shape index (κ2) is 9.78. The predicted octanol–water partition coefficient (Wildman–Crippen LogP) is 3.52. The molecule has 4 N–H and O–H groups in total. The van der Waals surface area contributed by atoms with Gasteiger partial charge in [0.15, 0.2) is 0 Å². The molecule has 0 heterocycles. The minimum absolute atomic E-state index is 0.0127. The van der Waals surface area contributed by atoms with E-state index in [9.17, 15) is 14.7 Å². The zero-order chi connectivity index (χ0) is 20.7. The molecule has 4 atom stereocenters. The van der Waals surface area contributed by atoms with Gasteiger partial charge in [-0.3, -0.25) is 0 Å². The average Bonchev–Trinajstić information content (AvgIpc) is 2.59. The lowest BCUT2D eigenvalue weighted by Gasteiger charge is -2.40. The molecule has 1 saturated carbocycles. The van der Waals surface area contributed by atoms with Crippen LogP contribution < -0.4 is 11.1 Å². The van der Waals surface area contributed by atoms with E-state index in [-0.39, 0.29) is 24.5 Å². The van der Waals surface area contributed by atoms with Crippen LogP contribution in [-0.2, 0) is 9.47 Å². The minimum Gasteiger partial charge on any atom is -0.444 e. The van der Waals surface area contributed by atoms with Crippen molar-refractivity contribution < 1.29 is 24.2 Å². The molecule has 7 nitrogen and oxygen atoms in total. The fourth-order valence-electron chi connectivity index (χ4n) is 3.96. The van der Waals surface area contributed by atoms with E-state index in [1.54, 1.807) is 0 Å². The Morgan fingerprint density at radius 2 is 1.93 bits per heavy atom. The first-order valence-electron chi connectivity index (χ1n) is 9.81. The predicted molar refractivity (Wildman–Crippen MR) is 106 cm³/mol. The summed E-state index contributed by atoms with van der Waals surface area (Å²) >= 11 is 0. The van der Waals surface area contributed by atoms with Gasteiger partial charge < -0.3 is 25.6 Å². The number of hydrogen-bond acceptors (Lipinski definition) is 5. The SMILES string of the molecule is CC(C)(C)OC(=O)NC1CCC(C(OC(N)=O)c2ccccc2)C(CCO)C1. The normalized spacial score (nSPS) is 23.5. The Labute approximate surface area is 166 Å². The molecule has 0 aliphatic heterocycles. The number of nitrogens with two attached hydrogens (primary N) is 1. The standard InChI is InChI=1S/C21H32N2O5/c1-21(2,3)28-20(26)23-16-9-10-17(15(13-16)11-12-24)18(27-19(22)25)14-7-5-4-6-8-14/h4-8,15-18,24H,9-13H2,1-3H3,(H2,22,25)(H,23,26). The monoisotopic (exact) mass is 392 g/mol. The molecule has 1 fully saturated rings. The van der Waals surface area contributed by atoms with Crippen LogP contribution >= 0.6 is 0 Å². The van der Waals surface area contributed by atoms with Crippen LogP contribution in [0.1, 0.15) is 58.1 Å². The third-order valence-corrected chi connectivity index (χ3v) is 5.02. The molecular weight excluding hydrogens is 360 g/mol. The number of ether oxygens (including phenoxy) is 2. The lowest BCUT2D eigenvalue weighted by Crippen LogP contribution is -2.44. The highest BCUT2D eigenvalue weighted by molar-refractivity contribution is 5.68. The van der Waals surface area contributed by atoms with Gasteiger partial charge in [0.05, 0.1) is 0 Å². The molecule has 1 aliphatic rings. The van der Waals surface area contributed by atoms with Crippen molar-refractivity contribution in [3.63, 3.8) is 0 Å². The molecule has 0 bridgehead atoms. The van der Waals surface area contributed by atoms with Crippen molar-refractivity contribution in [1.29, 1.82) is 0 Å². The number of carbonyl (C=O) groups is 2. The van der Waals surface area contributed by atoms with E-state index in [2.05, 4.69) is 5.32 Å². The number of benzene rings is 1. The first-order valence-corrected chi connectivity index (χ1v) is 9.81. The highest BCUT2D eigenvalue weighted by Crippen LogP contribution is 2.42. The van der Waals surface area contributed by atoms with Gasteiger partial charge >= 0.3 is 12.2 Å². The number of aliphatic hydroxyl groups excluding tert-OH is 1. The van der Waals surface area contributed by atoms with Gasteiger partial charge in [0.2, 0.25) is 0 Å². The molecule has 7 heteroatoms. The Morgan fingerprint density at radius 1 is 1.25 bits per heavy atom. The maximum atomic E-state index is 12.1. The topological polar surface area (TPSA) is 111 Å². The summed E-state index contributed by atoms with van der Waals surface area (Å²) in [4.78, 5) is 23.6. The van der Waals surface area contributed by atoms with Crippen LogP contribution in [-0.4, -0.2) is 35.5 Å². The molecule has 28 heavy (non-hydrogen) atoms. The van der Waals surface area contributed by atoms with E-state index < -0.39 is 23.9 Å². The van der Waals surface area contributed by atoms with Crippen LogP contribution in [0, 0.1) is 11.8 Å². The van der Waals surface area contributed by atoms with Gasteiger partial charge in [-0.05, 0) is 57.9 Å². The van der Waals surface area contributed by atoms with Crippen LogP contribution in [0.15, 0.2) is 30.3 Å². The lowest BCUT2D eigenvalue weighted by molar-refractivity contribution is 0.0109. The van der Waals surface area contributed by atoms with Gasteiger partial charge in [-0.1, -0.05) is 30.3 Å². The van der Waals surface area contributed by atoms with E-state index >= 15 is 0 Å². The van der Waals surface area contributed by atoms with Crippen LogP contribution in [0.5, 0.6) is 0 Å². The second-order valence-corrected chi connectivity index (χ2v) is 8.36. The molecule has 1 aromatic rings. The molecule has 0 aromatic heterocycles. The molecule has 0 radical (unpaired) electrons. The zero-order valence-electron chi connectivity index (χ0n) is 16.9. The van der Waals surface area contributed by atoms with Crippen molar-refractivity contribution in [2.24, 2.45) is 17.6 Å². The highest BCUT2D eigenvalue weighted by Gasteiger charge is 2.38. The van der Waals surface area contributed by atoms with Crippen molar-refractivity contribution >= 4 is 12.2 Å². The maximum absolute atomic E-state index is 12.1. The van der Waals surface area contributed by atoms with Crippen molar-refractivity contribution in [3.8, 4) is 0 Å². The molecule has 0 saturated heterocycles. The molecule has 2 rings (SSSR count). The van der Waals surface area contributed by atoms with Gasteiger partial charge in [-0.2, -0.15) is 0 Å². The van der Waals surface area contributed by atoms with E-state index in [0.29, 0.717) is 12.8 Å². The molecule has 0 spiro atoms. The Bertz CT molecular complexity index is 644. The summed E-state index contributed by atoms with van der Waals surface area (Å²) in [6, 6.07) is 9.46. The maximum Gasteiger partial charge on any atom is 0.407 e. The van der Waals surface area contributed by atoms with Crippen LogP contribution in [0.2, 0.25) is 0 Å². The largest absolute Gasteiger partial charge is 0.444 e. The van der Waals surface area contributed by atoms with Gasteiger partial charge in [0.25, 0.3) is 0 Å². The fourth-order valence-corrected chi connectivity index (χ4v) is 3.96. The van der Waals surface area contributed by atoms with Gasteiger partial charge in [-0.25, -0.2) is 9.59 Å². The van der Waals surface area contributed by atoms with Crippen LogP contribution in [0.4, 0.5) is 9.59 Å². The average molecular weight is 392 g/mol. The Morgan fingerprint density at radius 3 is 2.50 bits per heavy atom. The molecular formula is C21H32N2O5. The Kier molecular flexibility index (Phi) is 7.69. The number of nitrogens with one attached hydrogen (secondary N) is 1. The third kappa shape index (κ3) is 6.71. The molecule has 1 aromatic carbocycles. The van der Waals surface area contributed by atoms with Gasteiger partial charge in [0.1, 0.15) is 11.7 Å². The van der Waals surface area contributed by atoms with Gasteiger partial charge in [-0.15, -0.1) is 0 Å². The molecule has 156 valence electrons. The van der Waals surface area contributed by atoms with E-state index in [4.69, 9.17) is 15.2 Å². The fraction of sp³-hybridized carbons (Fsp3) is 0.619. The van der Waals surface area contributed by atoms with E-state index in [0.717, 1.165) is 18.4 Å². The number of amides is 2. The van der Waals surface area contributed by atoms with E-state index in [1.807, 2.05) is 51.1 Å². The Balaban J connectivity index is 2.12. The van der Waals surface area contributed by atoms with Crippen molar-refractivity contribution in [2.75, 3.05) is 6.61 Å². The van der Waals surface area contributed by atoms with E-state index in [1.165, 1.54) is 0 Å². The van der Waals surface area contributed by atoms with Crippen molar-refractivity contribution in [3.05, 3.63) is 35.9 Å².